The summed E-state index contributed by atoms with van der Waals surface area (Å²) >= 11 is 3.38. The predicted molar refractivity (Wildman–Crippen MR) is 90.4 cm³/mol. The van der Waals surface area contributed by atoms with Gasteiger partial charge in [-0.3, -0.25) is 4.79 Å². The van der Waals surface area contributed by atoms with Gasteiger partial charge in [-0.25, -0.2) is 4.98 Å². The fourth-order valence-corrected chi connectivity index (χ4v) is 6.63. The Labute approximate surface area is 140 Å². The molecular weight excluding hydrogens is 340 g/mol. The summed E-state index contributed by atoms with van der Waals surface area (Å²) < 4.78 is 0.931. The molecule has 0 radical (unpaired) electrons. The Bertz CT molecular complexity index is 608. The van der Waals surface area contributed by atoms with Crippen LogP contribution in [-0.4, -0.2) is 10.9 Å². The molecule has 1 N–H and O–H groups in total. The van der Waals surface area contributed by atoms with E-state index in [4.69, 9.17) is 0 Å². The summed E-state index contributed by atoms with van der Waals surface area (Å²) in [4.78, 5) is 17.4. The average molecular weight is 363 g/mol. The van der Waals surface area contributed by atoms with Crippen LogP contribution in [0.1, 0.15) is 52.4 Å². The van der Waals surface area contributed by atoms with Crippen molar-refractivity contribution in [1.29, 1.82) is 0 Å². The molecule has 4 heteroatoms. The molecule has 4 bridgehead atoms. The number of aromatic nitrogens is 1. The Kier molecular flexibility index (Phi) is 3.04. The molecule has 22 heavy (non-hydrogen) atoms. The van der Waals surface area contributed by atoms with Crippen molar-refractivity contribution < 1.29 is 4.79 Å². The lowest BCUT2D eigenvalue weighted by Crippen LogP contribution is -2.58. The van der Waals surface area contributed by atoms with Gasteiger partial charge in [0.25, 0.3) is 0 Å². The molecule has 4 aliphatic carbocycles. The maximum Gasteiger partial charge on any atom is 0.231 e. The highest BCUT2D eigenvalue weighted by atomic mass is 79.9. The second-order valence-corrected chi connectivity index (χ2v) is 9.64. The van der Waals surface area contributed by atoms with Gasteiger partial charge in [-0.05, 0) is 83.3 Å². The molecule has 0 aromatic carbocycles. The van der Waals surface area contributed by atoms with Crippen LogP contribution in [0.25, 0.3) is 0 Å². The van der Waals surface area contributed by atoms with E-state index in [1.165, 1.54) is 19.3 Å². The van der Waals surface area contributed by atoms with E-state index in [9.17, 15) is 4.79 Å². The number of hydrogen-bond acceptors (Lipinski definition) is 2. The quantitative estimate of drug-likeness (QED) is 0.822. The molecule has 0 spiro atoms. The van der Waals surface area contributed by atoms with E-state index in [0.717, 1.165) is 29.7 Å². The zero-order valence-electron chi connectivity index (χ0n) is 13.3. The number of nitrogens with zero attached hydrogens (tertiary/aromatic N) is 1. The minimum absolute atomic E-state index is 0.169. The van der Waals surface area contributed by atoms with Gasteiger partial charge in [0.1, 0.15) is 5.82 Å². The number of rotatable bonds is 2. The van der Waals surface area contributed by atoms with E-state index in [-0.39, 0.29) is 11.3 Å². The number of halogens is 1. The Hall–Kier alpha value is -0.900. The van der Waals surface area contributed by atoms with E-state index in [1.807, 2.05) is 12.1 Å². The normalized spacial score (nSPS) is 42.4. The third kappa shape index (κ3) is 2.31. The first-order chi connectivity index (χ1) is 10.3. The standard InChI is InChI=1S/C18H23BrN2O/c1-16-5-12-6-17(2,9-16)11-18(7-12,10-16)15(22)21-14-4-3-13(19)8-20-14/h3-4,8,12H,5-7,9-11H2,1-2H3,(H,20,21,22)/t12?,16-,17+,18?. The highest BCUT2D eigenvalue weighted by molar-refractivity contribution is 9.10. The summed E-state index contributed by atoms with van der Waals surface area (Å²) in [5.74, 6) is 1.60. The SMILES string of the molecule is C[C@]12CC3CC(C(=O)Nc4ccc(Br)cn4)(C1)C[C@@](C)(C3)C2. The van der Waals surface area contributed by atoms with Crippen LogP contribution in [0.5, 0.6) is 0 Å². The summed E-state index contributed by atoms with van der Waals surface area (Å²) in [6.07, 6.45) is 8.83. The molecule has 5 rings (SSSR count). The van der Waals surface area contributed by atoms with Gasteiger partial charge in [0.2, 0.25) is 5.91 Å². The lowest BCUT2D eigenvalue weighted by atomic mass is 9.40. The fraction of sp³-hybridized carbons (Fsp3) is 0.667. The number of pyridine rings is 1. The van der Waals surface area contributed by atoms with Crippen LogP contribution in [0, 0.1) is 22.2 Å². The molecule has 0 saturated heterocycles. The first kappa shape index (κ1) is 14.7. The molecule has 3 nitrogen and oxygen atoms in total. The van der Waals surface area contributed by atoms with E-state index >= 15 is 0 Å². The second-order valence-electron chi connectivity index (χ2n) is 8.73. The topological polar surface area (TPSA) is 42.0 Å². The Balaban J connectivity index is 1.61. The van der Waals surface area contributed by atoms with E-state index < -0.39 is 0 Å². The molecule has 118 valence electrons. The van der Waals surface area contributed by atoms with Gasteiger partial charge in [0, 0.05) is 10.7 Å². The Morgan fingerprint density at radius 3 is 2.41 bits per heavy atom. The first-order valence-electron chi connectivity index (χ1n) is 8.23. The van der Waals surface area contributed by atoms with Crippen LogP contribution in [0.3, 0.4) is 0 Å². The van der Waals surface area contributed by atoms with Crippen molar-refractivity contribution in [2.45, 2.75) is 52.4 Å². The van der Waals surface area contributed by atoms with Crippen LogP contribution < -0.4 is 5.32 Å². The van der Waals surface area contributed by atoms with E-state index in [0.29, 0.717) is 16.6 Å². The van der Waals surface area contributed by atoms with Crippen molar-refractivity contribution in [3.63, 3.8) is 0 Å². The third-order valence-electron chi connectivity index (χ3n) is 6.08. The largest absolute Gasteiger partial charge is 0.310 e. The van der Waals surface area contributed by atoms with Gasteiger partial charge in [0.15, 0.2) is 0 Å². The minimum Gasteiger partial charge on any atom is -0.310 e. The highest BCUT2D eigenvalue weighted by Gasteiger charge is 2.62. The minimum atomic E-state index is -0.169. The molecule has 4 aliphatic rings. The lowest BCUT2D eigenvalue weighted by Gasteiger charge is -2.64. The molecule has 1 heterocycles. The van der Waals surface area contributed by atoms with Crippen LogP contribution in [0.15, 0.2) is 22.8 Å². The van der Waals surface area contributed by atoms with Gasteiger partial charge in [0.05, 0.1) is 5.41 Å². The smallest absolute Gasteiger partial charge is 0.231 e. The fourth-order valence-electron chi connectivity index (χ4n) is 6.40. The van der Waals surface area contributed by atoms with Gasteiger partial charge in [-0.1, -0.05) is 13.8 Å². The van der Waals surface area contributed by atoms with Crippen LogP contribution >= 0.6 is 15.9 Å². The van der Waals surface area contributed by atoms with E-state index in [2.05, 4.69) is 40.1 Å². The molecule has 1 aromatic rings. The zero-order valence-corrected chi connectivity index (χ0v) is 14.9. The summed E-state index contributed by atoms with van der Waals surface area (Å²) in [5, 5.41) is 3.09. The molecule has 4 saturated carbocycles. The monoisotopic (exact) mass is 362 g/mol. The predicted octanol–water partition coefficient (Wildman–Crippen LogP) is 4.78. The van der Waals surface area contributed by atoms with Crippen molar-refractivity contribution in [2.24, 2.45) is 22.2 Å². The summed E-state index contributed by atoms with van der Waals surface area (Å²) in [7, 11) is 0. The second kappa shape index (κ2) is 4.56. The molecule has 1 amide bonds. The van der Waals surface area contributed by atoms with Crippen molar-refractivity contribution in [1.82, 2.24) is 4.98 Å². The molecule has 1 aromatic heterocycles. The summed E-state index contributed by atoms with van der Waals surface area (Å²) in [6.45, 7) is 4.80. The van der Waals surface area contributed by atoms with Gasteiger partial charge >= 0.3 is 0 Å². The number of anilines is 1. The van der Waals surface area contributed by atoms with Crippen LogP contribution in [0.2, 0.25) is 0 Å². The summed E-state index contributed by atoms with van der Waals surface area (Å²) in [6, 6.07) is 3.79. The molecular formula is C18H23BrN2O. The molecule has 4 atom stereocenters. The van der Waals surface area contributed by atoms with Crippen LogP contribution in [0.4, 0.5) is 5.82 Å². The Morgan fingerprint density at radius 1 is 1.18 bits per heavy atom. The van der Waals surface area contributed by atoms with E-state index in [1.54, 1.807) is 6.20 Å². The summed E-state index contributed by atoms with van der Waals surface area (Å²) in [5.41, 5.74) is 0.551. The van der Waals surface area contributed by atoms with Gasteiger partial charge in [-0.2, -0.15) is 0 Å². The number of carbonyl (C=O) groups excluding carboxylic acids is 1. The zero-order chi connectivity index (χ0) is 15.6. The Morgan fingerprint density at radius 2 is 1.86 bits per heavy atom. The number of hydrogen-bond donors (Lipinski definition) is 1. The van der Waals surface area contributed by atoms with Crippen molar-refractivity contribution in [3.05, 3.63) is 22.8 Å². The number of amides is 1. The number of nitrogens with one attached hydrogen (secondary N) is 1. The molecule has 0 aliphatic heterocycles. The van der Waals surface area contributed by atoms with Gasteiger partial charge in [-0.15, -0.1) is 0 Å². The van der Waals surface area contributed by atoms with Crippen LogP contribution in [-0.2, 0) is 4.79 Å². The van der Waals surface area contributed by atoms with Crippen molar-refractivity contribution in [3.8, 4) is 0 Å². The van der Waals surface area contributed by atoms with Crippen molar-refractivity contribution in [2.75, 3.05) is 5.32 Å². The third-order valence-corrected chi connectivity index (χ3v) is 6.55. The number of carbonyl (C=O) groups is 1. The molecule has 4 fully saturated rings. The van der Waals surface area contributed by atoms with Gasteiger partial charge < -0.3 is 5.32 Å². The van der Waals surface area contributed by atoms with Crippen molar-refractivity contribution >= 4 is 27.7 Å². The lowest BCUT2D eigenvalue weighted by molar-refractivity contribution is -0.165. The maximum atomic E-state index is 13.1. The average Bonchev–Trinajstić information content (AvgIpc) is 2.37. The maximum absolute atomic E-state index is 13.1. The first-order valence-corrected chi connectivity index (χ1v) is 9.02. The highest BCUT2D eigenvalue weighted by Crippen LogP contribution is 2.69. The molecule has 2 unspecified atom stereocenters.